The molecule has 0 unspecified atom stereocenters. The van der Waals surface area contributed by atoms with E-state index in [0.29, 0.717) is 28.0 Å². The molecular weight excluding hydrogens is 391 g/mol. The average molecular weight is 405 g/mol. The van der Waals surface area contributed by atoms with Crippen molar-refractivity contribution in [3.8, 4) is 11.3 Å². The van der Waals surface area contributed by atoms with Crippen LogP contribution in [-0.2, 0) is 6.54 Å². The van der Waals surface area contributed by atoms with E-state index in [4.69, 9.17) is 27.7 Å². The number of nitrogens with one attached hydrogen (secondary N) is 1. The van der Waals surface area contributed by atoms with Crippen molar-refractivity contribution in [1.82, 2.24) is 15.1 Å². The van der Waals surface area contributed by atoms with E-state index in [1.165, 1.54) is 10.4 Å². The summed E-state index contributed by atoms with van der Waals surface area (Å²) in [5, 5.41) is 9.58. The van der Waals surface area contributed by atoms with Crippen molar-refractivity contribution >= 4 is 50.6 Å². The van der Waals surface area contributed by atoms with Gasteiger partial charge in [-0.2, -0.15) is 0 Å². The molecule has 1 N–H and O–H groups in total. The van der Waals surface area contributed by atoms with Crippen molar-refractivity contribution in [1.29, 1.82) is 0 Å². The smallest absolute Gasteiger partial charge is 0.156 e. The van der Waals surface area contributed by atoms with Crippen LogP contribution in [0.2, 0.25) is 10.0 Å². The minimum Gasteiger partial charge on any atom is -0.362 e. The van der Waals surface area contributed by atoms with Gasteiger partial charge in [0.05, 0.1) is 17.0 Å². The van der Waals surface area contributed by atoms with Gasteiger partial charge in [0.25, 0.3) is 0 Å². The second-order valence-corrected chi connectivity index (χ2v) is 7.89. The van der Waals surface area contributed by atoms with Crippen LogP contribution in [-0.4, -0.2) is 15.1 Å². The number of halogens is 2. The lowest BCUT2D eigenvalue weighted by atomic mass is 10.1. The predicted octanol–water partition coefficient (Wildman–Crippen LogP) is 5.88. The molecule has 3 heterocycles. The van der Waals surface area contributed by atoms with Crippen molar-refractivity contribution in [3.63, 3.8) is 0 Å². The quantitative estimate of drug-likeness (QED) is 0.459. The van der Waals surface area contributed by atoms with Gasteiger partial charge in [0, 0.05) is 21.5 Å². The highest BCUT2D eigenvalue weighted by Crippen LogP contribution is 2.33. The molecule has 26 heavy (non-hydrogen) atoms. The first kappa shape index (κ1) is 17.3. The van der Waals surface area contributed by atoms with Crippen LogP contribution in [0.25, 0.3) is 21.5 Å². The lowest BCUT2D eigenvalue weighted by molar-refractivity contribution is 0.390. The summed E-state index contributed by atoms with van der Waals surface area (Å²) in [6.45, 7) is 4.63. The summed E-state index contributed by atoms with van der Waals surface area (Å²) < 4.78 is 5.43. The number of aryl methyl sites for hydroxylation is 2. The van der Waals surface area contributed by atoms with Crippen molar-refractivity contribution in [2.24, 2.45) is 0 Å². The highest BCUT2D eigenvalue weighted by Gasteiger charge is 2.14. The molecule has 0 saturated heterocycles. The van der Waals surface area contributed by atoms with Gasteiger partial charge in [-0.05, 0) is 37.6 Å². The van der Waals surface area contributed by atoms with Crippen LogP contribution >= 0.6 is 34.5 Å². The Bertz CT molecular complexity index is 1110. The fourth-order valence-corrected chi connectivity index (χ4v) is 4.21. The molecule has 3 aromatic heterocycles. The molecule has 0 aliphatic rings. The number of nitrogens with zero attached hydrogens (tertiary/aromatic N) is 3. The van der Waals surface area contributed by atoms with E-state index in [2.05, 4.69) is 34.3 Å². The largest absolute Gasteiger partial charge is 0.362 e. The fraction of sp³-hybridized carbons (Fsp3) is 0.167. The van der Waals surface area contributed by atoms with Crippen LogP contribution in [0.5, 0.6) is 0 Å². The zero-order chi connectivity index (χ0) is 18.3. The topological polar surface area (TPSA) is 63.8 Å². The second-order valence-electron chi connectivity index (χ2n) is 5.84. The standard InChI is InChI=1S/C18H14Cl2N4OS/c1-9-10(2)26-18-16(9)17(22-8-23-18)21-7-12-6-15(24-25-12)13-4-3-11(19)5-14(13)20/h3-6,8H,7H2,1-2H3,(H,21,22,23). The van der Waals surface area contributed by atoms with E-state index in [9.17, 15) is 0 Å². The lowest BCUT2D eigenvalue weighted by Gasteiger charge is -2.05. The van der Waals surface area contributed by atoms with E-state index < -0.39 is 0 Å². The summed E-state index contributed by atoms with van der Waals surface area (Å²) in [6.07, 6.45) is 1.57. The molecule has 4 aromatic rings. The Labute approximate surface area is 164 Å². The number of hydrogen-bond donors (Lipinski definition) is 1. The summed E-state index contributed by atoms with van der Waals surface area (Å²) in [4.78, 5) is 10.9. The van der Waals surface area contributed by atoms with Gasteiger partial charge in [-0.1, -0.05) is 28.4 Å². The van der Waals surface area contributed by atoms with Crippen LogP contribution in [0.15, 0.2) is 35.1 Å². The molecule has 0 saturated carbocycles. The first-order valence-electron chi connectivity index (χ1n) is 7.88. The maximum atomic E-state index is 6.23. The maximum Gasteiger partial charge on any atom is 0.156 e. The summed E-state index contributed by atoms with van der Waals surface area (Å²) in [6, 6.07) is 7.14. The van der Waals surface area contributed by atoms with Gasteiger partial charge in [0.2, 0.25) is 0 Å². The van der Waals surface area contributed by atoms with Gasteiger partial charge in [-0.3, -0.25) is 0 Å². The zero-order valence-electron chi connectivity index (χ0n) is 14.0. The lowest BCUT2D eigenvalue weighted by Crippen LogP contribution is -2.01. The normalized spacial score (nSPS) is 11.2. The summed E-state index contributed by atoms with van der Waals surface area (Å²) in [5.74, 6) is 1.47. The van der Waals surface area contributed by atoms with Gasteiger partial charge < -0.3 is 9.84 Å². The molecular formula is C18H14Cl2N4OS. The van der Waals surface area contributed by atoms with Gasteiger partial charge in [0.1, 0.15) is 22.7 Å². The Morgan fingerprint density at radius 1 is 1.15 bits per heavy atom. The molecule has 0 spiro atoms. The molecule has 0 aliphatic heterocycles. The van der Waals surface area contributed by atoms with E-state index in [0.717, 1.165) is 21.6 Å². The third-order valence-electron chi connectivity index (χ3n) is 4.16. The van der Waals surface area contributed by atoms with Crippen molar-refractivity contribution in [2.45, 2.75) is 20.4 Å². The Morgan fingerprint density at radius 3 is 2.81 bits per heavy atom. The number of fused-ring (bicyclic) bond motifs is 1. The Balaban J connectivity index is 1.57. The molecule has 0 fully saturated rings. The minimum atomic E-state index is 0.457. The number of rotatable bonds is 4. The maximum absolute atomic E-state index is 6.23. The fourth-order valence-electron chi connectivity index (χ4n) is 2.71. The predicted molar refractivity (Wildman–Crippen MR) is 106 cm³/mol. The number of thiophene rings is 1. The number of anilines is 1. The van der Waals surface area contributed by atoms with Crippen molar-refractivity contribution in [3.05, 3.63) is 56.8 Å². The van der Waals surface area contributed by atoms with Crippen LogP contribution in [0.1, 0.15) is 16.2 Å². The zero-order valence-corrected chi connectivity index (χ0v) is 16.3. The highest BCUT2D eigenvalue weighted by molar-refractivity contribution is 7.18. The molecule has 5 nitrogen and oxygen atoms in total. The molecule has 1 aromatic carbocycles. The van der Waals surface area contributed by atoms with Gasteiger partial charge >= 0.3 is 0 Å². The summed E-state index contributed by atoms with van der Waals surface area (Å²) in [5.41, 5.74) is 2.64. The number of aromatic nitrogens is 3. The third kappa shape index (κ3) is 3.16. The van der Waals surface area contributed by atoms with E-state index >= 15 is 0 Å². The van der Waals surface area contributed by atoms with E-state index in [1.807, 2.05) is 12.1 Å². The third-order valence-corrected chi connectivity index (χ3v) is 5.82. The molecule has 0 aliphatic carbocycles. The van der Waals surface area contributed by atoms with Gasteiger partial charge in [0.15, 0.2) is 5.76 Å². The SMILES string of the molecule is Cc1sc2ncnc(NCc3cc(-c4ccc(Cl)cc4Cl)no3)c2c1C. The minimum absolute atomic E-state index is 0.457. The molecule has 0 amide bonds. The first-order chi connectivity index (χ1) is 12.5. The van der Waals surface area contributed by atoms with Crippen LogP contribution in [0.4, 0.5) is 5.82 Å². The van der Waals surface area contributed by atoms with Crippen molar-refractivity contribution < 1.29 is 4.52 Å². The van der Waals surface area contributed by atoms with Crippen molar-refractivity contribution in [2.75, 3.05) is 5.32 Å². The van der Waals surface area contributed by atoms with Gasteiger partial charge in [-0.25, -0.2) is 9.97 Å². The van der Waals surface area contributed by atoms with Crippen LogP contribution in [0, 0.1) is 13.8 Å². The second kappa shape index (κ2) is 6.87. The average Bonchev–Trinajstić information content (AvgIpc) is 3.18. The highest BCUT2D eigenvalue weighted by atomic mass is 35.5. The molecule has 0 radical (unpaired) electrons. The van der Waals surface area contributed by atoms with E-state index in [-0.39, 0.29) is 0 Å². The Morgan fingerprint density at radius 2 is 2.00 bits per heavy atom. The molecule has 0 atom stereocenters. The van der Waals surface area contributed by atoms with Crippen LogP contribution in [0.3, 0.4) is 0 Å². The monoisotopic (exact) mass is 404 g/mol. The number of hydrogen-bond acceptors (Lipinski definition) is 6. The molecule has 132 valence electrons. The van der Waals surface area contributed by atoms with Gasteiger partial charge in [-0.15, -0.1) is 11.3 Å². The number of benzene rings is 1. The Hall–Kier alpha value is -2.15. The summed E-state index contributed by atoms with van der Waals surface area (Å²) >= 11 is 13.8. The summed E-state index contributed by atoms with van der Waals surface area (Å²) in [7, 11) is 0. The molecule has 8 heteroatoms. The first-order valence-corrected chi connectivity index (χ1v) is 9.46. The Kier molecular flexibility index (Phi) is 4.56. The molecule has 4 rings (SSSR count). The van der Waals surface area contributed by atoms with Crippen LogP contribution < -0.4 is 5.32 Å². The van der Waals surface area contributed by atoms with E-state index in [1.54, 1.807) is 29.8 Å². The molecule has 0 bridgehead atoms.